The van der Waals surface area contributed by atoms with Crippen LogP contribution in [0.1, 0.15) is 55.8 Å². The number of fused-ring (bicyclic) bond motifs is 2. The molecule has 4 aliphatic rings. The second-order valence-corrected chi connectivity index (χ2v) is 14.8. The number of hydrogen-bond acceptors (Lipinski definition) is 6. The molecule has 3 heterocycles. The summed E-state index contributed by atoms with van der Waals surface area (Å²) in [5.41, 5.74) is 5.43. The first-order chi connectivity index (χ1) is 17.7. The first-order valence-corrected chi connectivity index (χ1v) is 19.0. The summed E-state index contributed by atoms with van der Waals surface area (Å²) in [6, 6.07) is 15.0. The minimum Gasteiger partial charge on any atom is -0.492 e. The molecule has 6 rings (SSSR count). The second kappa shape index (κ2) is 13.1. The van der Waals surface area contributed by atoms with E-state index in [4.69, 9.17) is 14.0 Å². The van der Waals surface area contributed by atoms with E-state index in [2.05, 4.69) is 92.9 Å². The van der Waals surface area contributed by atoms with Gasteiger partial charge in [0.1, 0.15) is 36.4 Å². The molecule has 0 saturated carbocycles. The molecule has 1 spiro atoms. The van der Waals surface area contributed by atoms with Gasteiger partial charge in [-0.15, -0.1) is 23.5 Å². The number of likely N-dealkylation sites (tertiary alicyclic amines) is 1. The Morgan fingerprint density at radius 1 is 1.03 bits per heavy atom. The first kappa shape index (κ1) is 28.5. The smallest absolute Gasteiger partial charge is 0.146 e. The van der Waals surface area contributed by atoms with Crippen molar-refractivity contribution in [2.24, 2.45) is 0 Å². The number of allylic oxidation sites excluding steroid dienone is 1. The van der Waals surface area contributed by atoms with Crippen LogP contribution in [-0.4, -0.2) is 46.7 Å². The molecule has 3 aliphatic heterocycles. The summed E-state index contributed by atoms with van der Waals surface area (Å²) in [5.74, 6) is 5.31. The van der Waals surface area contributed by atoms with Crippen molar-refractivity contribution < 1.29 is 32.6 Å². The number of hydrogen-bond donors (Lipinski definition) is 0. The van der Waals surface area contributed by atoms with Gasteiger partial charge in [-0.3, -0.25) is 4.90 Å². The monoisotopic (exact) mass is 704 g/mol. The number of nitrogens with zero attached hydrogens (tertiary/aromatic N) is 1. The fourth-order valence-corrected chi connectivity index (χ4v) is 10.1. The van der Waals surface area contributed by atoms with Gasteiger partial charge >= 0.3 is 0 Å². The molecule has 197 valence electrons. The Kier molecular flexibility index (Phi) is 10.1. The summed E-state index contributed by atoms with van der Waals surface area (Å²) in [6.45, 7) is 4.58. The zero-order valence-corrected chi connectivity index (χ0v) is 27.1. The minimum absolute atomic E-state index is 0. The Hall–Kier alpha value is -0.0156. The Morgan fingerprint density at radius 3 is 2.54 bits per heavy atom. The van der Waals surface area contributed by atoms with Gasteiger partial charge < -0.3 is 14.0 Å². The van der Waals surface area contributed by atoms with Crippen LogP contribution >= 0.6 is 52.0 Å². The number of benzene rings is 2. The predicted molar refractivity (Wildman–Crippen MR) is 163 cm³/mol. The number of halogens is 1. The van der Waals surface area contributed by atoms with Gasteiger partial charge in [0.25, 0.3) is 0 Å². The van der Waals surface area contributed by atoms with E-state index in [1.807, 2.05) is 0 Å². The van der Waals surface area contributed by atoms with E-state index in [-0.39, 0.29) is 24.7 Å². The van der Waals surface area contributed by atoms with Crippen LogP contribution in [0.25, 0.3) is 5.57 Å². The van der Waals surface area contributed by atoms with Gasteiger partial charge in [-0.25, -0.2) is 0 Å². The largest absolute Gasteiger partial charge is 0.492 e. The second-order valence-electron chi connectivity index (χ2n) is 9.94. The van der Waals surface area contributed by atoms with Crippen LogP contribution in [0.15, 0.2) is 48.0 Å². The standard InChI is InChI=1S/C28H33INO3PS2.V/c29-34-33-22-8-9-24-23-10-11-28(35-16-17-36-28)19-25(23)27(32-26(24)18-22)20-4-6-21(7-5-20)31-15-14-30-12-2-1-3-13-30;/h4-9,18,27,34H,1-3,10-17,19H2;/t27-;/m1./s1. The number of ether oxygens (including phenoxy) is 2. The molecule has 0 bridgehead atoms. The number of thioether (sulfide) groups is 2. The van der Waals surface area contributed by atoms with Gasteiger partial charge in [0, 0.05) is 48.2 Å². The zero-order valence-electron chi connectivity index (χ0n) is 20.9. The molecule has 2 atom stereocenters. The summed E-state index contributed by atoms with van der Waals surface area (Å²) < 4.78 is 19.0. The van der Waals surface area contributed by atoms with Gasteiger partial charge in [0.2, 0.25) is 0 Å². The van der Waals surface area contributed by atoms with Crippen LogP contribution in [0.4, 0.5) is 0 Å². The van der Waals surface area contributed by atoms with Crippen molar-refractivity contribution in [3.05, 3.63) is 59.2 Å². The fraction of sp³-hybridized carbons (Fsp3) is 0.500. The van der Waals surface area contributed by atoms with E-state index in [1.165, 1.54) is 72.6 Å². The topological polar surface area (TPSA) is 30.9 Å². The van der Waals surface area contributed by atoms with Crippen LogP contribution in [0.3, 0.4) is 0 Å². The maximum atomic E-state index is 6.77. The molecule has 0 aromatic heterocycles. The Bertz CT molecular complexity index is 1110. The third-order valence-electron chi connectivity index (χ3n) is 7.72. The molecule has 2 aromatic carbocycles. The molecule has 9 heteroatoms. The van der Waals surface area contributed by atoms with Crippen molar-refractivity contribution in [2.45, 2.75) is 48.7 Å². The fourth-order valence-electron chi connectivity index (χ4n) is 5.90. The molecular formula is C28H33INO3PS2V. The summed E-state index contributed by atoms with van der Waals surface area (Å²) in [5, 5.41) is 0. The SMILES string of the molecule is IPOc1ccc2c(c1)O[C@H](c1ccc(OCCN3CCCCC3)cc1)C1=C2CCC2(C1)SCCS2.[V]. The summed E-state index contributed by atoms with van der Waals surface area (Å²) in [6.07, 6.45) is 7.42. The maximum Gasteiger partial charge on any atom is 0.146 e. The molecule has 2 saturated heterocycles. The van der Waals surface area contributed by atoms with E-state index >= 15 is 0 Å². The number of rotatable bonds is 7. The van der Waals surface area contributed by atoms with E-state index in [9.17, 15) is 0 Å². The molecule has 0 N–H and O–H groups in total. The molecule has 4 nitrogen and oxygen atoms in total. The summed E-state index contributed by atoms with van der Waals surface area (Å²) in [4.78, 5) is 2.52. The van der Waals surface area contributed by atoms with Crippen molar-refractivity contribution in [2.75, 3.05) is 37.7 Å². The Balaban J connectivity index is 0.00000280. The number of piperidine rings is 1. The summed E-state index contributed by atoms with van der Waals surface area (Å²) >= 11 is 6.59. The molecule has 0 amide bonds. The van der Waals surface area contributed by atoms with Crippen molar-refractivity contribution >= 4 is 57.6 Å². The molecular weight excluding hydrogens is 671 g/mol. The van der Waals surface area contributed by atoms with Gasteiger partial charge in [-0.2, -0.15) is 0 Å². The normalized spacial score (nSPS) is 22.9. The van der Waals surface area contributed by atoms with E-state index in [0.717, 1.165) is 43.2 Å². The maximum absolute atomic E-state index is 6.77. The van der Waals surface area contributed by atoms with E-state index < -0.39 is 0 Å². The third-order valence-corrected chi connectivity index (χ3v) is 12.2. The predicted octanol–water partition coefficient (Wildman–Crippen LogP) is 8.12. The van der Waals surface area contributed by atoms with Gasteiger partial charge in [0.15, 0.2) is 0 Å². The molecule has 1 aliphatic carbocycles. The van der Waals surface area contributed by atoms with Gasteiger partial charge in [-0.05, 0) is 108 Å². The van der Waals surface area contributed by atoms with Crippen LogP contribution in [0, 0.1) is 0 Å². The van der Waals surface area contributed by atoms with Crippen LogP contribution in [0.5, 0.6) is 17.2 Å². The molecule has 2 fully saturated rings. The Morgan fingerprint density at radius 2 is 1.78 bits per heavy atom. The zero-order chi connectivity index (χ0) is 24.4. The average Bonchev–Trinajstić information content (AvgIpc) is 3.37. The van der Waals surface area contributed by atoms with Crippen molar-refractivity contribution in [1.82, 2.24) is 4.90 Å². The molecule has 37 heavy (non-hydrogen) atoms. The van der Waals surface area contributed by atoms with Crippen molar-refractivity contribution in [3.63, 3.8) is 0 Å². The van der Waals surface area contributed by atoms with Crippen molar-refractivity contribution in [1.29, 1.82) is 0 Å². The van der Waals surface area contributed by atoms with Crippen molar-refractivity contribution in [3.8, 4) is 17.2 Å². The van der Waals surface area contributed by atoms with E-state index in [1.54, 1.807) is 0 Å². The van der Waals surface area contributed by atoms with Gasteiger partial charge in [-0.1, -0.05) is 18.6 Å². The minimum atomic E-state index is -0.0498. The van der Waals surface area contributed by atoms with Gasteiger partial charge in [0.05, 0.1) is 4.08 Å². The molecule has 1 unspecified atom stereocenters. The summed E-state index contributed by atoms with van der Waals surface area (Å²) in [7, 11) is 0. The molecule has 1 radical (unpaired) electrons. The average molecular weight is 705 g/mol. The van der Waals surface area contributed by atoms with Crippen LogP contribution in [-0.2, 0) is 18.6 Å². The third kappa shape index (κ3) is 6.50. The molecule has 2 aromatic rings. The first-order valence-electron chi connectivity index (χ1n) is 13.0. The van der Waals surface area contributed by atoms with E-state index in [0.29, 0.717) is 10.5 Å². The van der Waals surface area contributed by atoms with Crippen LogP contribution < -0.4 is 14.0 Å². The quantitative estimate of drug-likeness (QED) is 0.214. The van der Waals surface area contributed by atoms with Crippen LogP contribution in [0.2, 0.25) is 0 Å². The Labute approximate surface area is 256 Å².